The molecule has 12 rings (SSSR count). The number of nitrogens with zero attached hydrogens (tertiary/aromatic N) is 3. The average molecular weight is 804 g/mol. The maximum atomic E-state index is 6.21. The van der Waals surface area contributed by atoms with E-state index in [0.717, 1.165) is 77.6 Å². The van der Waals surface area contributed by atoms with Crippen LogP contribution in [0.25, 0.3) is 122 Å². The quantitative estimate of drug-likeness (QED) is 0.161. The number of rotatable bonds is 7. The van der Waals surface area contributed by atoms with Crippen LogP contribution in [0.2, 0.25) is 0 Å². The molecule has 0 bridgehead atoms. The van der Waals surface area contributed by atoms with Crippen molar-refractivity contribution in [3.8, 4) is 78.7 Å². The molecule has 4 heteroatoms. The molecule has 0 spiro atoms. The van der Waals surface area contributed by atoms with Gasteiger partial charge in [0.05, 0.1) is 0 Å². The molecule has 2 aromatic heterocycles. The summed E-state index contributed by atoms with van der Waals surface area (Å²) in [5.74, 6) is 1.85. The lowest BCUT2D eigenvalue weighted by atomic mass is 9.95. The first-order valence-electron chi connectivity index (χ1n) is 21.2. The Morgan fingerprint density at radius 3 is 1.48 bits per heavy atom. The van der Waals surface area contributed by atoms with E-state index in [0.29, 0.717) is 17.5 Å². The van der Waals surface area contributed by atoms with E-state index in [9.17, 15) is 0 Å². The molecule has 0 radical (unpaired) electrons. The van der Waals surface area contributed by atoms with Crippen LogP contribution in [0.15, 0.2) is 229 Å². The van der Waals surface area contributed by atoms with Gasteiger partial charge in [-0.1, -0.05) is 188 Å². The molecule has 63 heavy (non-hydrogen) atoms. The highest BCUT2D eigenvalue weighted by atomic mass is 16.3. The molecule has 0 atom stereocenters. The summed E-state index contributed by atoms with van der Waals surface area (Å²) in [4.78, 5) is 15.8. The van der Waals surface area contributed by atoms with Gasteiger partial charge < -0.3 is 4.42 Å². The molecule has 0 aliphatic heterocycles. The molecule has 0 N–H and O–H groups in total. The SMILES string of the molecule is c1ccc(-c2ccccc2-c2nc(-c3cccc(-c4ccc5cc(-c6cccc7oc8ccccc8c67)ccc5c4)c3)nc(-c3ccccc3-c3ccc4ccccc4c3)n2)cc1. The van der Waals surface area contributed by atoms with Crippen molar-refractivity contribution in [3.63, 3.8) is 0 Å². The lowest BCUT2D eigenvalue weighted by Gasteiger charge is -2.14. The minimum Gasteiger partial charge on any atom is -0.456 e. The number of hydrogen-bond acceptors (Lipinski definition) is 4. The molecule has 0 aliphatic carbocycles. The predicted molar refractivity (Wildman–Crippen MR) is 260 cm³/mol. The largest absolute Gasteiger partial charge is 0.456 e. The van der Waals surface area contributed by atoms with Crippen LogP contribution in [0.3, 0.4) is 0 Å². The van der Waals surface area contributed by atoms with Gasteiger partial charge in [-0.3, -0.25) is 0 Å². The smallest absolute Gasteiger partial charge is 0.164 e. The molecular weight excluding hydrogens is 767 g/mol. The summed E-state index contributed by atoms with van der Waals surface area (Å²) >= 11 is 0. The van der Waals surface area contributed by atoms with Crippen molar-refractivity contribution >= 4 is 43.5 Å². The highest BCUT2D eigenvalue weighted by Gasteiger charge is 2.19. The number of furan rings is 1. The maximum absolute atomic E-state index is 6.21. The first-order chi connectivity index (χ1) is 31.2. The predicted octanol–water partition coefficient (Wildman–Crippen LogP) is 15.7. The van der Waals surface area contributed by atoms with E-state index in [1.165, 1.54) is 27.1 Å². The Hall–Kier alpha value is -8.47. The monoisotopic (exact) mass is 803 g/mol. The summed E-state index contributed by atoms with van der Waals surface area (Å²) in [7, 11) is 0. The molecule has 0 saturated heterocycles. The number of aromatic nitrogens is 3. The first-order valence-corrected chi connectivity index (χ1v) is 21.2. The minimum atomic E-state index is 0.611. The Kier molecular flexibility index (Phi) is 8.79. The Morgan fingerprint density at radius 1 is 0.254 bits per heavy atom. The van der Waals surface area contributed by atoms with E-state index in [4.69, 9.17) is 19.4 Å². The van der Waals surface area contributed by atoms with Gasteiger partial charge in [-0.15, -0.1) is 0 Å². The summed E-state index contributed by atoms with van der Waals surface area (Å²) in [6, 6.07) is 78.8. The first kappa shape index (κ1) is 36.4. The second-order valence-electron chi connectivity index (χ2n) is 16.0. The van der Waals surface area contributed by atoms with Gasteiger partial charge in [-0.05, 0) is 102 Å². The van der Waals surface area contributed by atoms with Crippen molar-refractivity contribution in [2.45, 2.75) is 0 Å². The standard InChI is InChI=1S/C59H37N3O/c1-2-15-39(16-3-1)48-20-6-8-22-51(48)58-60-57(61-59(62-58)52-23-9-7-21-49(52)45-32-28-38-14-4-5-17-40(38)35-45)47-19-12-18-41(37-47)42-29-30-44-36-46(33-31-43(44)34-42)50-25-13-27-55-56(50)53-24-10-11-26-54(53)63-55/h1-37H. The minimum absolute atomic E-state index is 0.611. The van der Waals surface area contributed by atoms with Crippen molar-refractivity contribution < 1.29 is 4.42 Å². The Labute approximate surface area is 364 Å². The van der Waals surface area contributed by atoms with Crippen LogP contribution in [0.4, 0.5) is 0 Å². The van der Waals surface area contributed by atoms with Crippen LogP contribution < -0.4 is 0 Å². The van der Waals surface area contributed by atoms with E-state index >= 15 is 0 Å². The van der Waals surface area contributed by atoms with Crippen LogP contribution in [0.5, 0.6) is 0 Å². The zero-order chi connectivity index (χ0) is 41.7. The normalized spacial score (nSPS) is 11.5. The molecule has 0 aliphatic rings. The second-order valence-corrected chi connectivity index (χ2v) is 16.0. The number of fused-ring (bicyclic) bond motifs is 5. The molecule has 0 unspecified atom stereocenters. The van der Waals surface area contributed by atoms with Crippen molar-refractivity contribution in [1.82, 2.24) is 15.0 Å². The number of hydrogen-bond donors (Lipinski definition) is 0. The van der Waals surface area contributed by atoms with Crippen molar-refractivity contribution in [2.75, 3.05) is 0 Å². The van der Waals surface area contributed by atoms with Crippen molar-refractivity contribution in [1.29, 1.82) is 0 Å². The van der Waals surface area contributed by atoms with E-state index in [1.807, 2.05) is 24.3 Å². The molecule has 294 valence electrons. The van der Waals surface area contributed by atoms with E-state index in [1.54, 1.807) is 0 Å². The van der Waals surface area contributed by atoms with E-state index in [2.05, 4.69) is 200 Å². The average Bonchev–Trinajstić information content (AvgIpc) is 3.75. The van der Waals surface area contributed by atoms with Gasteiger partial charge in [0, 0.05) is 27.5 Å². The third kappa shape index (κ3) is 6.62. The third-order valence-corrected chi connectivity index (χ3v) is 12.1. The van der Waals surface area contributed by atoms with Gasteiger partial charge in [-0.25, -0.2) is 15.0 Å². The van der Waals surface area contributed by atoms with Gasteiger partial charge in [0.25, 0.3) is 0 Å². The summed E-state index contributed by atoms with van der Waals surface area (Å²) in [6.07, 6.45) is 0. The summed E-state index contributed by atoms with van der Waals surface area (Å²) in [6.45, 7) is 0. The summed E-state index contributed by atoms with van der Waals surface area (Å²) in [5.41, 5.74) is 13.5. The number of para-hydroxylation sites is 1. The van der Waals surface area contributed by atoms with Crippen molar-refractivity contribution in [3.05, 3.63) is 224 Å². The van der Waals surface area contributed by atoms with Crippen molar-refractivity contribution in [2.24, 2.45) is 0 Å². The highest BCUT2D eigenvalue weighted by Crippen LogP contribution is 2.40. The van der Waals surface area contributed by atoms with Crippen LogP contribution in [-0.2, 0) is 0 Å². The summed E-state index contributed by atoms with van der Waals surface area (Å²) in [5, 5.41) is 7.00. The maximum Gasteiger partial charge on any atom is 0.164 e. The molecule has 2 heterocycles. The summed E-state index contributed by atoms with van der Waals surface area (Å²) < 4.78 is 6.21. The van der Waals surface area contributed by atoms with Crippen LogP contribution in [0.1, 0.15) is 0 Å². The Balaban J connectivity index is 0.969. The molecule has 12 aromatic rings. The van der Waals surface area contributed by atoms with E-state index < -0.39 is 0 Å². The third-order valence-electron chi connectivity index (χ3n) is 12.1. The van der Waals surface area contributed by atoms with Gasteiger partial charge in [0.1, 0.15) is 11.2 Å². The zero-order valence-corrected chi connectivity index (χ0v) is 34.1. The van der Waals surface area contributed by atoms with Crippen LogP contribution >= 0.6 is 0 Å². The lowest BCUT2D eigenvalue weighted by molar-refractivity contribution is 0.669. The molecule has 4 nitrogen and oxygen atoms in total. The highest BCUT2D eigenvalue weighted by molar-refractivity contribution is 6.13. The molecule has 0 fully saturated rings. The Morgan fingerprint density at radius 2 is 0.714 bits per heavy atom. The number of benzene rings is 10. The fourth-order valence-electron chi connectivity index (χ4n) is 9.03. The van der Waals surface area contributed by atoms with Gasteiger partial charge in [0.15, 0.2) is 17.5 Å². The van der Waals surface area contributed by atoms with Gasteiger partial charge in [0.2, 0.25) is 0 Å². The Bertz CT molecular complexity index is 3700. The van der Waals surface area contributed by atoms with Crippen LogP contribution in [-0.4, -0.2) is 15.0 Å². The molecule has 0 amide bonds. The molecule has 0 saturated carbocycles. The molecular formula is C59H37N3O. The van der Waals surface area contributed by atoms with Gasteiger partial charge in [-0.2, -0.15) is 0 Å². The second kappa shape index (κ2) is 15.2. The van der Waals surface area contributed by atoms with Crippen LogP contribution in [0, 0.1) is 0 Å². The zero-order valence-electron chi connectivity index (χ0n) is 34.1. The topological polar surface area (TPSA) is 51.8 Å². The molecule has 10 aromatic carbocycles. The lowest BCUT2D eigenvalue weighted by Crippen LogP contribution is -2.02. The van der Waals surface area contributed by atoms with E-state index in [-0.39, 0.29) is 0 Å². The fraction of sp³-hybridized carbons (Fsp3) is 0. The van der Waals surface area contributed by atoms with Gasteiger partial charge >= 0.3 is 0 Å². The fourth-order valence-corrected chi connectivity index (χ4v) is 9.03.